The molecule has 1 aliphatic carbocycles. The molecule has 2 saturated heterocycles. The summed E-state index contributed by atoms with van der Waals surface area (Å²) in [5, 5.41) is 14.1. The lowest BCUT2D eigenvalue weighted by molar-refractivity contribution is 0.229. The van der Waals surface area contributed by atoms with Crippen molar-refractivity contribution in [3.8, 4) is 6.07 Å². The molecule has 2 fully saturated rings. The van der Waals surface area contributed by atoms with E-state index in [0.29, 0.717) is 12.1 Å². The molecular weight excluding hydrogens is 354 g/mol. The number of hydrogen-bond donors (Lipinski definition) is 0. The van der Waals surface area contributed by atoms with Gasteiger partial charge in [-0.3, -0.25) is 9.58 Å². The highest BCUT2D eigenvalue weighted by Crippen LogP contribution is 2.32. The number of urea groups is 1. The van der Waals surface area contributed by atoms with Crippen LogP contribution in [0.3, 0.4) is 0 Å². The Balaban J connectivity index is 1.35. The van der Waals surface area contributed by atoms with Gasteiger partial charge >= 0.3 is 6.03 Å². The van der Waals surface area contributed by atoms with Gasteiger partial charge < -0.3 is 9.80 Å². The molecule has 1 unspecified atom stereocenters. The Kier molecular flexibility index (Phi) is 3.97. The molecule has 2 aliphatic heterocycles. The molecule has 0 saturated carbocycles. The highest BCUT2D eigenvalue weighted by molar-refractivity contribution is 5.93. The van der Waals surface area contributed by atoms with Gasteiger partial charge in [-0.15, -0.1) is 0 Å². The van der Waals surface area contributed by atoms with Crippen LogP contribution in [-0.2, 0) is 12.8 Å². The van der Waals surface area contributed by atoms with Crippen molar-refractivity contribution in [3.05, 3.63) is 35.3 Å². The second-order valence-electron chi connectivity index (χ2n) is 7.85. The molecule has 3 aliphatic rings. The smallest absolute Gasteiger partial charge is 0.324 e. The molecular formula is C20H23N7O. The van der Waals surface area contributed by atoms with E-state index in [9.17, 15) is 10.1 Å². The first-order valence-electron chi connectivity index (χ1n) is 9.88. The monoisotopic (exact) mass is 377 g/mol. The summed E-state index contributed by atoms with van der Waals surface area (Å²) in [6.07, 6.45) is 7.84. The molecule has 2 aromatic rings. The fourth-order valence-corrected chi connectivity index (χ4v) is 4.49. The Labute approximate surface area is 164 Å². The molecule has 8 nitrogen and oxygen atoms in total. The number of carbonyl (C=O) groups is 1. The van der Waals surface area contributed by atoms with Crippen molar-refractivity contribution in [2.24, 2.45) is 0 Å². The lowest BCUT2D eigenvalue weighted by Gasteiger charge is -2.20. The van der Waals surface area contributed by atoms with Gasteiger partial charge in [0, 0.05) is 45.1 Å². The summed E-state index contributed by atoms with van der Waals surface area (Å²) in [6, 6.07) is 4.59. The summed E-state index contributed by atoms with van der Waals surface area (Å²) < 4.78 is 1.96. The molecule has 2 aromatic heterocycles. The molecule has 0 spiro atoms. The molecule has 0 radical (unpaired) electrons. The minimum Gasteiger partial charge on any atom is -0.353 e. The van der Waals surface area contributed by atoms with Crippen LogP contribution in [0.5, 0.6) is 0 Å². The Morgan fingerprint density at radius 3 is 2.93 bits per heavy atom. The molecule has 0 bridgehead atoms. The standard InChI is InChI=1S/C20H23N7O/c1-24-7-8-26(20(24)28)17-11-22-27(13-17)16-5-6-25(12-16)19-15(10-21)9-14-3-2-4-18(14)23-19/h9,11,13,16H,2-8,12H2,1H3. The van der Waals surface area contributed by atoms with Crippen molar-refractivity contribution in [1.29, 1.82) is 5.26 Å². The van der Waals surface area contributed by atoms with Gasteiger partial charge in [-0.05, 0) is 37.3 Å². The molecule has 144 valence electrons. The number of carbonyl (C=O) groups excluding carboxylic acids is 1. The second kappa shape index (κ2) is 6.51. The van der Waals surface area contributed by atoms with Crippen LogP contribution >= 0.6 is 0 Å². The zero-order chi connectivity index (χ0) is 19.3. The van der Waals surface area contributed by atoms with E-state index in [-0.39, 0.29) is 12.1 Å². The van der Waals surface area contributed by atoms with E-state index in [1.807, 2.05) is 24.0 Å². The van der Waals surface area contributed by atoms with E-state index in [1.165, 1.54) is 5.56 Å². The van der Waals surface area contributed by atoms with Gasteiger partial charge in [0.25, 0.3) is 0 Å². The van der Waals surface area contributed by atoms with E-state index >= 15 is 0 Å². The summed E-state index contributed by atoms with van der Waals surface area (Å²) in [5.74, 6) is 0.814. The highest BCUT2D eigenvalue weighted by Gasteiger charge is 2.31. The van der Waals surface area contributed by atoms with Gasteiger partial charge in [-0.1, -0.05) is 0 Å². The van der Waals surface area contributed by atoms with Crippen molar-refractivity contribution >= 4 is 17.5 Å². The van der Waals surface area contributed by atoms with Crippen LogP contribution in [0.4, 0.5) is 16.3 Å². The van der Waals surface area contributed by atoms with Gasteiger partial charge in [-0.2, -0.15) is 10.4 Å². The Bertz CT molecular complexity index is 975. The average Bonchev–Trinajstić information content (AvgIpc) is 3.48. The molecule has 0 N–H and O–H groups in total. The Hall–Kier alpha value is -3.08. The minimum absolute atomic E-state index is 0.0219. The van der Waals surface area contributed by atoms with Crippen molar-refractivity contribution in [2.45, 2.75) is 31.7 Å². The van der Waals surface area contributed by atoms with Gasteiger partial charge in [-0.25, -0.2) is 9.78 Å². The number of nitrogens with zero attached hydrogens (tertiary/aromatic N) is 7. The van der Waals surface area contributed by atoms with E-state index in [1.54, 1.807) is 16.0 Å². The van der Waals surface area contributed by atoms with Gasteiger partial charge in [0.05, 0.1) is 23.5 Å². The fraction of sp³-hybridized carbons (Fsp3) is 0.500. The van der Waals surface area contributed by atoms with Crippen LogP contribution in [-0.4, -0.2) is 58.9 Å². The number of rotatable bonds is 3. The van der Waals surface area contributed by atoms with Crippen LogP contribution in [0.15, 0.2) is 18.5 Å². The number of aromatic nitrogens is 3. The predicted octanol–water partition coefficient (Wildman–Crippen LogP) is 1.96. The van der Waals surface area contributed by atoms with E-state index < -0.39 is 0 Å². The van der Waals surface area contributed by atoms with Gasteiger partial charge in [0.2, 0.25) is 0 Å². The lowest BCUT2D eigenvalue weighted by atomic mass is 10.1. The molecule has 8 heteroatoms. The maximum Gasteiger partial charge on any atom is 0.324 e. The van der Waals surface area contributed by atoms with E-state index in [2.05, 4.69) is 16.1 Å². The largest absolute Gasteiger partial charge is 0.353 e. The van der Waals surface area contributed by atoms with Crippen molar-refractivity contribution in [3.63, 3.8) is 0 Å². The average molecular weight is 377 g/mol. The summed E-state index contributed by atoms with van der Waals surface area (Å²) in [7, 11) is 1.82. The van der Waals surface area contributed by atoms with E-state index in [4.69, 9.17) is 4.98 Å². The predicted molar refractivity (Wildman–Crippen MR) is 104 cm³/mol. The lowest BCUT2D eigenvalue weighted by Crippen LogP contribution is -2.28. The number of amides is 2. The first-order chi connectivity index (χ1) is 13.6. The molecule has 5 rings (SSSR count). The topological polar surface area (TPSA) is 81.3 Å². The van der Waals surface area contributed by atoms with Crippen LogP contribution < -0.4 is 9.80 Å². The molecule has 0 aromatic carbocycles. The number of fused-ring (bicyclic) bond motifs is 1. The zero-order valence-electron chi connectivity index (χ0n) is 16.0. The Morgan fingerprint density at radius 2 is 2.14 bits per heavy atom. The number of pyridine rings is 1. The van der Waals surface area contributed by atoms with Crippen LogP contribution in [0.1, 0.15) is 35.7 Å². The normalized spacial score (nSPS) is 21.5. The number of likely N-dealkylation sites (N-methyl/N-ethyl adjacent to an activating group) is 1. The SMILES string of the molecule is CN1CCN(c2cnn(C3CCN(c4nc5c(cc4C#N)CCC5)C3)c2)C1=O. The molecule has 4 heterocycles. The maximum absolute atomic E-state index is 12.2. The number of nitriles is 1. The number of anilines is 2. The molecule has 28 heavy (non-hydrogen) atoms. The van der Waals surface area contributed by atoms with Crippen LogP contribution in [0.2, 0.25) is 0 Å². The maximum atomic E-state index is 12.2. The van der Waals surface area contributed by atoms with Crippen molar-refractivity contribution in [2.75, 3.05) is 43.0 Å². The van der Waals surface area contributed by atoms with Crippen LogP contribution in [0, 0.1) is 11.3 Å². The summed E-state index contributed by atoms with van der Waals surface area (Å²) in [6.45, 7) is 3.06. The van der Waals surface area contributed by atoms with Crippen molar-refractivity contribution < 1.29 is 4.79 Å². The highest BCUT2D eigenvalue weighted by atomic mass is 16.2. The number of aryl methyl sites for hydroxylation is 2. The first kappa shape index (κ1) is 17.0. The van der Waals surface area contributed by atoms with Crippen molar-refractivity contribution in [1.82, 2.24) is 19.7 Å². The number of hydrogen-bond acceptors (Lipinski definition) is 5. The zero-order valence-corrected chi connectivity index (χ0v) is 16.0. The molecule has 1 atom stereocenters. The third kappa shape index (κ3) is 2.70. The summed E-state index contributed by atoms with van der Waals surface area (Å²) >= 11 is 0. The fourth-order valence-electron chi connectivity index (χ4n) is 4.49. The quantitative estimate of drug-likeness (QED) is 0.817. The van der Waals surface area contributed by atoms with Crippen LogP contribution in [0.25, 0.3) is 0 Å². The van der Waals surface area contributed by atoms with E-state index in [0.717, 1.165) is 62.5 Å². The molecule has 2 amide bonds. The Morgan fingerprint density at radius 1 is 1.25 bits per heavy atom. The van der Waals surface area contributed by atoms with Gasteiger partial charge in [0.15, 0.2) is 0 Å². The minimum atomic E-state index is 0.0219. The summed E-state index contributed by atoms with van der Waals surface area (Å²) in [4.78, 5) is 22.7. The second-order valence-corrected chi connectivity index (χ2v) is 7.85. The third-order valence-corrected chi connectivity index (χ3v) is 6.10. The summed E-state index contributed by atoms with van der Waals surface area (Å²) in [5.41, 5.74) is 3.90. The third-order valence-electron chi connectivity index (χ3n) is 6.10. The van der Waals surface area contributed by atoms with Gasteiger partial charge in [0.1, 0.15) is 11.9 Å². The first-order valence-corrected chi connectivity index (χ1v) is 9.88.